The monoisotopic (exact) mass is 267 g/mol. The highest BCUT2D eigenvalue weighted by molar-refractivity contribution is 5.54. The molecule has 0 saturated carbocycles. The van der Waals surface area contributed by atoms with Crippen LogP contribution in [0, 0.1) is 6.92 Å². The van der Waals surface area contributed by atoms with Crippen LogP contribution in [0.5, 0.6) is 0 Å². The summed E-state index contributed by atoms with van der Waals surface area (Å²) in [4.78, 5) is 8.70. The molecule has 0 bridgehead atoms. The van der Waals surface area contributed by atoms with Gasteiger partial charge in [-0.1, -0.05) is 30.3 Å². The number of aromatic nitrogens is 4. The quantitative estimate of drug-likeness (QED) is 0.789. The first-order chi connectivity index (χ1) is 9.79. The van der Waals surface area contributed by atoms with E-state index in [-0.39, 0.29) is 0 Å². The molecule has 1 aromatic carbocycles. The average Bonchev–Trinajstić information content (AvgIpc) is 2.92. The molecule has 5 nitrogen and oxygen atoms in total. The molecule has 102 valence electrons. The Balaban J connectivity index is 2.12. The lowest BCUT2D eigenvalue weighted by molar-refractivity contribution is 0.896. The average molecular weight is 267 g/mol. The third-order valence-electron chi connectivity index (χ3n) is 3.30. The molecule has 0 aliphatic rings. The second kappa shape index (κ2) is 5.28. The van der Waals surface area contributed by atoms with Crippen molar-refractivity contribution in [2.75, 3.05) is 11.9 Å². The SMILES string of the molecule is CCNc1c(Cc2ccccc2)c(C)nc2ncnn12. The van der Waals surface area contributed by atoms with Crippen LogP contribution in [0.2, 0.25) is 0 Å². The molecule has 0 atom stereocenters. The number of anilines is 1. The summed E-state index contributed by atoms with van der Waals surface area (Å²) >= 11 is 0. The molecule has 2 heterocycles. The summed E-state index contributed by atoms with van der Waals surface area (Å²) in [6.45, 7) is 4.93. The Morgan fingerprint density at radius 2 is 2.00 bits per heavy atom. The van der Waals surface area contributed by atoms with Crippen molar-refractivity contribution in [1.82, 2.24) is 19.6 Å². The summed E-state index contributed by atoms with van der Waals surface area (Å²) < 4.78 is 1.77. The lowest BCUT2D eigenvalue weighted by atomic mass is 10.0. The molecule has 0 saturated heterocycles. The van der Waals surface area contributed by atoms with Gasteiger partial charge in [-0.05, 0) is 19.4 Å². The standard InChI is InChI=1S/C15H17N5/c1-3-16-14-13(9-12-7-5-4-6-8-12)11(2)19-15-17-10-18-20(14)15/h4-8,10,16H,3,9H2,1-2H3. The van der Waals surface area contributed by atoms with Gasteiger partial charge in [-0.25, -0.2) is 4.98 Å². The minimum Gasteiger partial charge on any atom is -0.370 e. The number of fused-ring (bicyclic) bond motifs is 1. The van der Waals surface area contributed by atoms with E-state index in [0.717, 1.165) is 30.0 Å². The minimum absolute atomic E-state index is 0.635. The van der Waals surface area contributed by atoms with Crippen molar-refractivity contribution < 1.29 is 0 Å². The van der Waals surface area contributed by atoms with E-state index in [4.69, 9.17) is 0 Å². The summed E-state index contributed by atoms with van der Waals surface area (Å²) in [5.41, 5.74) is 3.41. The van der Waals surface area contributed by atoms with Crippen LogP contribution in [0.1, 0.15) is 23.7 Å². The van der Waals surface area contributed by atoms with E-state index in [1.807, 2.05) is 13.0 Å². The highest BCUT2D eigenvalue weighted by Gasteiger charge is 2.14. The Bertz CT molecular complexity index is 718. The van der Waals surface area contributed by atoms with Crippen molar-refractivity contribution >= 4 is 11.6 Å². The van der Waals surface area contributed by atoms with Crippen LogP contribution in [0.4, 0.5) is 5.82 Å². The summed E-state index contributed by atoms with van der Waals surface area (Å²) in [6, 6.07) is 10.4. The highest BCUT2D eigenvalue weighted by Crippen LogP contribution is 2.22. The molecular formula is C15H17N5. The van der Waals surface area contributed by atoms with E-state index >= 15 is 0 Å². The zero-order valence-electron chi connectivity index (χ0n) is 11.7. The zero-order valence-corrected chi connectivity index (χ0v) is 11.7. The third kappa shape index (κ3) is 2.22. The number of aryl methyl sites for hydroxylation is 1. The molecule has 2 aromatic heterocycles. The maximum Gasteiger partial charge on any atom is 0.254 e. The largest absolute Gasteiger partial charge is 0.370 e. The second-order valence-electron chi connectivity index (χ2n) is 4.69. The molecule has 3 aromatic rings. The lowest BCUT2D eigenvalue weighted by Crippen LogP contribution is -2.11. The van der Waals surface area contributed by atoms with Crippen LogP contribution in [0.3, 0.4) is 0 Å². The van der Waals surface area contributed by atoms with Gasteiger partial charge in [-0.15, -0.1) is 0 Å². The molecule has 1 N–H and O–H groups in total. The number of benzene rings is 1. The lowest BCUT2D eigenvalue weighted by Gasteiger charge is -2.14. The maximum absolute atomic E-state index is 4.52. The van der Waals surface area contributed by atoms with E-state index in [1.54, 1.807) is 4.52 Å². The molecule has 20 heavy (non-hydrogen) atoms. The fraction of sp³-hybridized carbons (Fsp3) is 0.267. The predicted octanol–water partition coefficient (Wildman–Crippen LogP) is 2.46. The summed E-state index contributed by atoms with van der Waals surface area (Å²) in [5, 5.41) is 7.65. The van der Waals surface area contributed by atoms with E-state index in [0.29, 0.717) is 5.78 Å². The number of hydrogen-bond donors (Lipinski definition) is 1. The molecule has 5 heteroatoms. The fourth-order valence-electron chi connectivity index (χ4n) is 2.35. The van der Waals surface area contributed by atoms with Crippen molar-refractivity contribution in [3.8, 4) is 0 Å². The summed E-state index contributed by atoms with van der Waals surface area (Å²) in [5.74, 6) is 1.62. The molecule has 0 unspecified atom stereocenters. The first-order valence-corrected chi connectivity index (χ1v) is 6.76. The van der Waals surface area contributed by atoms with Gasteiger partial charge < -0.3 is 5.32 Å². The third-order valence-corrected chi connectivity index (χ3v) is 3.30. The molecule has 0 radical (unpaired) electrons. The molecule has 0 amide bonds. The molecule has 0 fully saturated rings. The number of rotatable bonds is 4. The molecule has 3 rings (SSSR count). The second-order valence-corrected chi connectivity index (χ2v) is 4.69. The van der Waals surface area contributed by atoms with Gasteiger partial charge in [0.25, 0.3) is 5.78 Å². The first-order valence-electron chi connectivity index (χ1n) is 6.76. The van der Waals surface area contributed by atoms with Gasteiger partial charge in [0.05, 0.1) is 0 Å². The topological polar surface area (TPSA) is 55.1 Å². The zero-order chi connectivity index (χ0) is 13.9. The van der Waals surface area contributed by atoms with Crippen molar-refractivity contribution in [1.29, 1.82) is 0 Å². The molecular weight excluding hydrogens is 250 g/mol. The normalized spacial score (nSPS) is 10.9. The highest BCUT2D eigenvalue weighted by atomic mass is 15.4. The summed E-state index contributed by atoms with van der Waals surface area (Å²) in [6.07, 6.45) is 2.37. The Hall–Kier alpha value is -2.43. The summed E-state index contributed by atoms with van der Waals surface area (Å²) in [7, 11) is 0. The van der Waals surface area contributed by atoms with Crippen molar-refractivity contribution in [3.63, 3.8) is 0 Å². The van der Waals surface area contributed by atoms with Crippen molar-refractivity contribution in [2.45, 2.75) is 20.3 Å². The van der Waals surface area contributed by atoms with Crippen LogP contribution in [0.25, 0.3) is 5.78 Å². The smallest absolute Gasteiger partial charge is 0.254 e. The van der Waals surface area contributed by atoms with Crippen molar-refractivity contribution in [2.24, 2.45) is 0 Å². The van der Waals surface area contributed by atoms with Gasteiger partial charge in [-0.3, -0.25) is 0 Å². The van der Waals surface area contributed by atoms with Crippen LogP contribution in [0.15, 0.2) is 36.7 Å². The Kier molecular flexibility index (Phi) is 3.33. The van der Waals surface area contributed by atoms with Crippen LogP contribution >= 0.6 is 0 Å². The van der Waals surface area contributed by atoms with Crippen LogP contribution in [-0.4, -0.2) is 26.1 Å². The predicted molar refractivity (Wildman–Crippen MR) is 78.9 cm³/mol. The van der Waals surface area contributed by atoms with Gasteiger partial charge in [0.2, 0.25) is 0 Å². The molecule has 0 aliphatic carbocycles. The van der Waals surface area contributed by atoms with Gasteiger partial charge in [0.1, 0.15) is 12.1 Å². The van der Waals surface area contributed by atoms with Gasteiger partial charge in [-0.2, -0.15) is 14.6 Å². The van der Waals surface area contributed by atoms with E-state index in [1.165, 1.54) is 11.9 Å². The Morgan fingerprint density at radius 1 is 1.20 bits per heavy atom. The maximum atomic E-state index is 4.52. The van der Waals surface area contributed by atoms with Crippen LogP contribution in [-0.2, 0) is 6.42 Å². The Morgan fingerprint density at radius 3 is 2.75 bits per heavy atom. The minimum atomic E-state index is 0.635. The van der Waals surface area contributed by atoms with E-state index in [2.05, 4.69) is 51.6 Å². The van der Waals surface area contributed by atoms with Crippen molar-refractivity contribution in [3.05, 3.63) is 53.5 Å². The first kappa shape index (κ1) is 12.6. The van der Waals surface area contributed by atoms with Gasteiger partial charge in [0, 0.05) is 24.2 Å². The van der Waals surface area contributed by atoms with Gasteiger partial charge in [0.15, 0.2) is 0 Å². The van der Waals surface area contributed by atoms with E-state index < -0.39 is 0 Å². The number of nitrogens with one attached hydrogen (secondary N) is 1. The van der Waals surface area contributed by atoms with Gasteiger partial charge >= 0.3 is 0 Å². The van der Waals surface area contributed by atoms with Crippen LogP contribution < -0.4 is 5.32 Å². The fourth-order valence-corrected chi connectivity index (χ4v) is 2.35. The van der Waals surface area contributed by atoms with E-state index in [9.17, 15) is 0 Å². The molecule has 0 aliphatic heterocycles. The molecule has 0 spiro atoms. The number of hydrogen-bond acceptors (Lipinski definition) is 4. The Labute approximate surface area is 117 Å². The number of nitrogens with zero attached hydrogens (tertiary/aromatic N) is 4.